The minimum atomic E-state index is -0.501. The average Bonchev–Trinajstić information content (AvgIpc) is 2.68. The first-order chi connectivity index (χ1) is 13.5. The van der Waals surface area contributed by atoms with Gasteiger partial charge in [-0.25, -0.2) is 4.99 Å². The van der Waals surface area contributed by atoms with Crippen molar-refractivity contribution in [3.63, 3.8) is 0 Å². The molecule has 0 fully saturated rings. The molecule has 1 atom stereocenters. The standard InChI is InChI=1S/C21H18N4O2S/c1-12(20(27)23-15-10-8-14(9-11-15)19(22)26)28-21-24-16-6-2-4-13-5-3-7-17(25-21)18(13)16/h2-12H,1H3,(H2,22,26)(H,23,27)(H,24,25). The molecular weight excluding hydrogens is 372 g/mol. The predicted octanol–water partition coefficient (Wildman–Crippen LogP) is 4.11. The van der Waals surface area contributed by atoms with Crippen molar-refractivity contribution in [3.8, 4) is 0 Å². The summed E-state index contributed by atoms with van der Waals surface area (Å²) >= 11 is 1.36. The third-order valence-corrected chi connectivity index (χ3v) is 5.43. The first kappa shape index (κ1) is 18.1. The molecule has 0 radical (unpaired) electrons. The molecule has 1 unspecified atom stereocenters. The molecule has 0 saturated heterocycles. The zero-order valence-corrected chi connectivity index (χ0v) is 15.9. The van der Waals surface area contributed by atoms with Crippen molar-refractivity contribution in [2.45, 2.75) is 12.2 Å². The van der Waals surface area contributed by atoms with Crippen molar-refractivity contribution in [2.75, 3.05) is 10.6 Å². The van der Waals surface area contributed by atoms with Gasteiger partial charge in [0.2, 0.25) is 11.8 Å². The number of thioether (sulfide) groups is 1. The molecule has 0 aromatic heterocycles. The Bertz CT molecular complexity index is 1100. The predicted molar refractivity (Wildman–Crippen MR) is 115 cm³/mol. The van der Waals surface area contributed by atoms with E-state index in [4.69, 9.17) is 5.73 Å². The Morgan fingerprint density at radius 2 is 1.79 bits per heavy atom. The molecule has 140 valence electrons. The van der Waals surface area contributed by atoms with E-state index in [0.29, 0.717) is 16.4 Å². The fourth-order valence-corrected chi connectivity index (χ4v) is 3.83. The fraction of sp³-hybridized carbons (Fsp3) is 0.0952. The Morgan fingerprint density at radius 1 is 1.07 bits per heavy atom. The number of carbonyl (C=O) groups is 2. The number of aliphatic imine (C=N–C) groups is 1. The Hall–Kier alpha value is -3.32. The summed E-state index contributed by atoms with van der Waals surface area (Å²) in [6.07, 6.45) is 0. The van der Waals surface area contributed by atoms with Crippen molar-refractivity contribution < 1.29 is 9.59 Å². The van der Waals surface area contributed by atoms with E-state index < -0.39 is 5.91 Å². The van der Waals surface area contributed by atoms with Gasteiger partial charge in [0, 0.05) is 16.6 Å². The molecule has 0 spiro atoms. The van der Waals surface area contributed by atoms with E-state index in [1.165, 1.54) is 11.8 Å². The smallest absolute Gasteiger partial charge is 0.248 e. The molecule has 3 aromatic carbocycles. The maximum atomic E-state index is 12.5. The third-order valence-electron chi connectivity index (χ3n) is 4.44. The Balaban J connectivity index is 1.47. The third kappa shape index (κ3) is 3.57. The average molecular weight is 390 g/mol. The molecule has 1 aliphatic rings. The molecule has 0 saturated carbocycles. The fourth-order valence-electron chi connectivity index (χ4n) is 3.01. The molecule has 4 rings (SSSR count). The van der Waals surface area contributed by atoms with Gasteiger partial charge < -0.3 is 16.4 Å². The van der Waals surface area contributed by atoms with Gasteiger partial charge in [0.15, 0.2) is 5.17 Å². The molecule has 28 heavy (non-hydrogen) atoms. The van der Waals surface area contributed by atoms with Gasteiger partial charge in [-0.15, -0.1) is 0 Å². The number of amidine groups is 1. The minimum absolute atomic E-state index is 0.154. The number of primary amides is 1. The first-order valence-corrected chi connectivity index (χ1v) is 9.64. The van der Waals surface area contributed by atoms with Gasteiger partial charge in [-0.2, -0.15) is 0 Å². The highest BCUT2D eigenvalue weighted by Gasteiger charge is 2.20. The second kappa shape index (κ2) is 7.36. The van der Waals surface area contributed by atoms with Crippen molar-refractivity contribution in [1.29, 1.82) is 0 Å². The minimum Gasteiger partial charge on any atom is -0.366 e. The van der Waals surface area contributed by atoms with Crippen molar-refractivity contribution in [3.05, 3.63) is 66.2 Å². The number of nitrogens with two attached hydrogens (primary N) is 1. The summed E-state index contributed by atoms with van der Waals surface area (Å²) in [4.78, 5) is 28.3. The van der Waals surface area contributed by atoms with Crippen LogP contribution in [0, 0.1) is 0 Å². The molecule has 2 amide bonds. The van der Waals surface area contributed by atoms with E-state index >= 15 is 0 Å². The lowest BCUT2D eigenvalue weighted by Gasteiger charge is -2.20. The van der Waals surface area contributed by atoms with Crippen LogP contribution < -0.4 is 16.4 Å². The molecule has 4 N–H and O–H groups in total. The number of carbonyl (C=O) groups excluding carboxylic acids is 2. The van der Waals surface area contributed by atoms with Gasteiger partial charge >= 0.3 is 0 Å². The van der Waals surface area contributed by atoms with Crippen LogP contribution in [0.3, 0.4) is 0 Å². The van der Waals surface area contributed by atoms with E-state index in [1.54, 1.807) is 24.3 Å². The van der Waals surface area contributed by atoms with Crippen molar-refractivity contribution in [1.82, 2.24) is 0 Å². The Kier molecular flexibility index (Phi) is 4.75. The van der Waals surface area contributed by atoms with E-state index in [2.05, 4.69) is 27.8 Å². The summed E-state index contributed by atoms with van der Waals surface area (Å²) in [5, 5.41) is 8.67. The van der Waals surface area contributed by atoms with Gasteiger partial charge in [0.25, 0.3) is 0 Å². The van der Waals surface area contributed by atoms with Crippen molar-refractivity contribution >= 4 is 56.6 Å². The number of anilines is 2. The molecule has 1 aliphatic heterocycles. The summed E-state index contributed by atoms with van der Waals surface area (Å²) in [7, 11) is 0. The van der Waals surface area contributed by atoms with Crippen LogP contribution >= 0.6 is 11.8 Å². The molecule has 7 heteroatoms. The highest BCUT2D eigenvalue weighted by atomic mass is 32.2. The Morgan fingerprint density at radius 3 is 2.50 bits per heavy atom. The van der Waals surface area contributed by atoms with E-state index in [1.807, 2.05) is 31.2 Å². The van der Waals surface area contributed by atoms with Crippen LogP contribution in [0.4, 0.5) is 17.1 Å². The van der Waals surface area contributed by atoms with Crippen LogP contribution in [0.25, 0.3) is 10.8 Å². The summed E-state index contributed by atoms with van der Waals surface area (Å²) in [5.74, 6) is -0.656. The van der Waals surface area contributed by atoms with E-state index in [-0.39, 0.29) is 11.2 Å². The quantitative estimate of drug-likeness (QED) is 0.624. The lowest BCUT2D eigenvalue weighted by molar-refractivity contribution is -0.115. The summed E-state index contributed by atoms with van der Waals surface area (Å²) < 4.78 is 0. The maximum absolute atomic E-state index is 12.5. The summed E-state index contributed by atoms with van der Waals surface area (Å²) in [5.41, 5.74) is 8.11. The van der Waals surface area contributed by atoms with Crippen molar-refractivity contribution in [2.24, 2.45) is 10.7 Å². The maximum Gasteiger partial charge on any atom is 0.248 e. The molecular formula is C21H18N4O2S. The van der Waals surface area contributed by atoms with Crippen LogP contribution in [0.1, 0.15) is 17.3 Å². The number of rotatable bonds is 4. The van der Waals surface area contributed by atoms with Crippen LogP contribution in [0.2, 0.25) is 0 Å². The zero-order valence-electron chi connectivity index (χ0n) is 15.1. The van der Waals surface area contributed by atoms with Crippen LogP contribution in [-0.4, -0.2) is 22.2 Å². The lowest BCUT2D eigenvalue weighted by atomic mass is 10.1. The first-order valence-electron chi connectivity index (χ1n) is 8.76. The van der Waals surface area contributed by atoms with E-state index in [0.717, 1.165) is 22.1 Å². The lowest BCUT2D eigenvalue weighted by Crippen LogP contribution is -2.26. The molecule has 0 bridgehead atoms. The number of amides is 2. The van der Waals surface area contributed by atoms with Gasteiger partial charge in [-0.1, -0.05) is 36.0 Å². The SMILES string of the molecule is CC(SC1=Nc2cccc3cccc(c23)N1)C(=O)Nc1ccc(C(N)=O)cc1. The number of hydrogen-bond donors (Lipinski definition) is 3. The number of nitrogens with zero attached hydrogens (tertiary/aromatic N) is 1. The van der Waals surface area contributed by atoms with E-state index in [9.17, 15) is 9.59 Å². The second-order valence-corrected chi connectivity index (χ2v) is 7.74. The van der Waals surface area contributed by atoms with Gasteiger partial charge in [-0.05, 0) is 48.7 Å². The van der Waals surface area contributed by atoms with Crippen LogP contribution in [0.5, 0.6) is 0 Å². The zero-order chi connectivity index (χ0) is 19.7. The largest absolute Gasteiger partial charge is 0.366 e. The second-order valence-electron chi connectivity index (χ2n) is 6.41. The Labute approximate surface area is 166 Å². The summed E-state index contributed by atoms with van der Waals surface area (Å²) in [6, 6.07) is 18.5. The molecule has 1 heterocycles. The highest BCUT2D eigenvalue weighted by molar-refractivity contribution is 8.15. The number of hydrogen-bond acceptors (Lipinski definition) is 5. The topological polar surface area (TPSA) is 96.6 Å². The molecule has 0 aliphatic carbocycles. The normalized spacial score (nSPS) is 13.4. The van der Waals surface area contributed by atoms with Gasteiger partial charge in [-0.3, -0.25) is 9.59 Å². The van der Waals surface area contributed by atoms with Gasteiger partial charge in [0.1, 0.15) is 0 Å². The highest BCUT2D eigenvalue weighted by Crippen LogP contribution is 2.37. The van der Waals surface area contributed by atoms with Crippen LogP contribution in [0.15, 0.2) is 65.7 Å². The number of benzene rings is 3. The molecule has 6 nitrogen and oxygen atoms in total. The number of nitrogens with one attached hydrogen (secondary N) is 2. The monoisotopic (exact) mass is 390 g/mol. The summed E-state index contributed by atoms with van der Waals surface area (Å²) in [6.45, 7) is 1.82. The van der Waals surface area contributed by atoms with Gasteiger partial charge in [0.05, 0.1) is 16.6 Å². The molecule has 3 aromatic rings. The van der Waals surface area contributed by atoms with Crippen LogP contribution in [-0.2, 0) is 4.79 Å².